The molecule has 0 aliphatic heterocycles. The van der Waals surface area contributed by atoms with Gasteiger partial charge in [0.25, 0.3) is 0 Å². The summed E-state index contributed by atoms with van der Waals surface area (Å²) in [5, 5.41) is 0. The molecule has 380 valence electrons. The van der Waals surface area contributed by atoms with Crippen LogP contribution in [0.1, 0.15) is 202 Å². The van der Waals surface area contributed by atoms with Gasteiger partial charge >= 0.3 is 0 Å². The number of hydrogen-bond acceptors (Lipinski definition) is 7. The summed E-state index contributed by atoms with van der Waals surface area (Å²) in [4.78, 5) is 11.0. The van der Waals surface area contributed by atoms with Crippen molar-refractivity contribution in [3.8, 4) is 62.0 Å². The topological polar surface area (TPSA) is 25.8 Å². The molecule has 0 saturated heterocycles. The molecule has 5 aromatic heterocycles. The number of fused-ring (bicyclic) bond motifs is 4. The lowest BCUT2D eigenvalue weighted by Crippen LogP contribution is -2.25. The largest absolute Gasteiger partial charge is 0.172 e. The van der Waals surface area contributed by atoms with E-state index in [1.807, 2.05) is 45.3 Å². The number of thiophene rings is 4. The van der Waals surface area contributed by atoms with Crippen molar-refractivity contribution < 1.29 is 0 Å². The van der Waals surface area contributed by atoms with Crippen molar-refractivity contribution in [2.75, 3.05) is 0 Å². The summed E-state index contributed by atoms with van der Waals surface area (Å²) in [6, 6.07) is 34.1. The fraction of sp³-hybridized carbons (Fsp3) is 0.477. The Kier molecular flexibility index (Phi) is 18.9. The van der Waals surface area contributed by atoms with Gasteiger partial charge in [-0.2, -0.15) is 8.75 Å². The third-order valence-electron chi connectivity index (χ3n) is 15.7. The van der Waals surface area contributed by atoms with Crippen LogP contribution >= 0.6 is 57.1 Å². The van der Waals surface area contributed by atoms with Crippen molar-refractivity contribution in [3.63, 3.8) is 0 Å². The van der Waals surface area contributed by atoms with Crippen molar-refractivity contribution in [3.05, 3.63) is 118 Å². The summed E-state index contributed by atoms with van der Waals surface area (Å²) < 4.78 is 10.1. The number of benzene rings is 3. The van der Waals surface area contributed by atoms with Crippen LogP contribution in [0.15, 0.2) is 84.9 Å². The Labute approximate surface area is 454 Å². The van der Waals surface area contributed by atoms with E-state index in [0.29, 0.717) is 0 Å². The van der Waals surface area contributed by atoms with E-state index in [0.717, 1.165) is 23.9 Å². The van der Waals surface area contributed by atoms with Gasteiger partial charge in [0.2, 0.25) is 0 Å². The fourth-order valence-electron chi connectivity index (χ4n) is 11.7. The predicted molar refractivity (Wildman–Crippen MR) is 323 cm³/mol. The molecule has 0 bridgehead atoms. The molecule has 0 spiro atoms. The monoisotopic (exact) mass is 1050 g/mol. The Balaban J connectivity index is 1.05. The van der Waals surface area contributed by atoms with Crippen LogP contribution < -0.4 is 0 Å². The summed E-state index contributed by atoms with van der Waals surface area (Å²) in [5.41, 5.74) is 16.5. The average Bonchev–Trinajstić information content (AvgIpc) is 4.27. The molecule has 3 aromatic carbocycles. The molecule has 0 saturated carbocycles. The maximum Gasteiger partial charge on any atom is 0.114 e. The molecule has 5 heterocycles. The number of aromatic nitrogens is 2. The highest BCUT2D eigenvalue weighted by atomic mass is 32.1. The third kappa shape index (κ3) is 12.0. The Hall–Kier alpha value is -3.72. The second kappa shape index (κ2) is 25.7. The van der Waals surface area contributed by atoms with Crippen molar-refractivity contribution in [1.82, 2.24) is 8.75 Å². The Morgan fingerprint density at radius 2 is 0.847 bits per heavy atom. The van der Waals surface area contributed by atoms with Gasteiger partial charge in [-0.15, -0.1) is 45.3 Å². The number of rotatable bonds is 29. The molecule has 2 nitrogen and oxygen atoms in total. The SMILES string of the molecule is CCCCCCCCC1(CCCCCCCC)c2cc(C)ccc2-c2ccc(-c3ccc(-c4sc(-c5ccc(-c6cc(CCCCCC)c(-c7ccc(C)s7)s6)c6nsnc56)cc4CCCCCC)s3)cc21. The summed E-state index contributed by atoms with van der Waals surface area (Å²) >= 11 is 9.20. The molecule has 72 heavy (non-hydrogen) atoms. The lowest BCUT2D eigenvalue weighted by atomic mass is 9.70. The molecule has 0 N–H and O–H groups in total. The molecule has 8 aromatic rings. The molecule has 0 fully saturated rings. The first-order valence-electron chi connectivity index (χ1n) is 28.3. The highest BCUT2D eigenvalue weighted by Crippen LogP contribution is 2.56. The summed E-state index contributed by atoms with van der Waals surface area (Å²) in [7, 11) is 0. The van der Waals surface area contributed by atoms with Crippen molar-refractivity contribution in [2.45, 2.75) is 201 Å². The van der Waals surface area contributed by atoms with Crippen LogP contribution in [0.4, 0.5) is 0 Å². The number of unbranched alkanes of at least 4 members (excludes halogenated alkanes) is 16. The summed E-state index contributed by atoms with van der Waals surface area (Å²) in [6.07, 6.45) is 30.9. The van der Waals surface area contributed by atoms with E-state index in [4.69, 9.17) is 8.75 Å². The Morgan fingerprint density at radius 3 is 1.39 bits per heavy atom. The molecule has 9 rings (SSSR count). The number of aryl methyl sites for hydroxylation is 4. The first-order valence-corrected chi connectivity index (χ1v) is 32.3. The van der Waals surface area contributed by atoms with Gasteiger partial charge in [0.05, 0.1) is 11.7 Å². The Bertz CT molecular complexity index is 2970. The van der Waals surface area contributed by atoms with Crippen LogP contribution in [0.2, 0.25) is 0 Å². The van der Waals surface area contributed by atoms with E-state index >= 15 is 0 Å². The normalized spacial score (nSPS) is 12.9. The van der Waals surface area contributed by atoms with Gasteiger partial charge in [0, 0.05) is 55.6 Å². The maximum atomic E-state index is 5.06. The number of nitrogens with zero attached hydrogens (tertiary/aromatic N) is 2. The zero-order valence-electron chi connectivity index (χ0n) is 44.5. The molecule has 0 atom stereocenters. The molecule has 0 amide bonds. The predicted octanol–water partition coefficient (Wildman–Crippen LogP) is 22.9. The van der Waals surface area contributed by atoms with Gasteiger partial charge in [-0.25, -0.2) is 0 Å². The first-order chi connectivity index (χ1) is 35.3. The second-order valence-corrected chi connectivity index (χ2v) is 26.2. The van der Waals surface area contributed by atoms with Gasteiger partial charge in [-0.3, -0.25) is 0 Å². The minimum absolute atomic E-state index is 0.0770. The zero-order valence-corrected chi connectivity index (χ0v) is 48.6. The van der Waals surface area contributed by atoms with E-state index < -0.39 is 0 Å². The average molecular weight is 1050 g/mol. The lowest BCUT2D eigenvalue weighted by molar-refractivity contribution is 0.398. The fourth-order valence-corrected chi connectivity index (χ4v) is 16.9. The second-order valence-electron chi connectivity index (χ2n) is 21.2. The smallest absolute Gasteiger partial charge is 0.114 e. The van der Waals surface area contributed by atoms with Crippen LogP contribution in [0.5, 0.6) is 0 Å². The van der Waals surface area contributed by atoms with Crippen LogP contribution in [-0.2, 0) is 18.3 Å². The molecular weight excluding hydrogens is 969 g/mol. The highest BCUT2D eigenvalue weighted by Gasteiger charge is 2.42. The molecule has 1 aliphatic carbocycles. The standard InChI is InChI=1S/C65H80N2S5/c1-7-11-15-19-21-25-39-65(40-26-22-20-16-12-8-2)54-41-45(5)29-32-50(54)51-33-31-47(42-55(51)65)56-37-38-58(69-56)64-49(28-24-18-14-10-4)44-60(71-64)53-35-34-52(61-62(53)67-72-66-61)59-43-48(27-23-17-13-9-3)63(70-59)57-36-30-46(6)68-57/h29-38,41-44H,7-28,39-40H2,1-6H3. The molecular formula is C65H80N2S5. The summed E-state index contributed by atoms with van der Waals surface area (Å²) in [5.74, 6) is 0. The van der Waals surface area contributed by atoms with Crippen molar-refractivity contribution in [2.24, 2.45) is 0 Å². The minimum Gasteiger partial charge on any atom is -0.172 e. The van der Waals surface area contributed by atoms with Crippen molar-refractivity contribution in [1.29, 1.82) is 0 Å². The molecule has 7 heteroatoms. The van der Waals surface area contributed by atoms with E-state index in [1.165, 1.54) is 237 Å². The third-order valence-corrected chi connectivity index (χ3v) is 21.1. The van der Waals surface area contributed by atoms with E-state index in [1.54, 1.807) is 11.1 Å². The molecule has 0 radical (unpaired) electrons. The van der Waals surface area contributed by atoms with Gasteiger partial charge in [-0.1, -0.05) is 191 Å². The minimum atomic E-state index is 0.0770. The van der Waals surface area contributed by atoms with Crippen molar-refractivity contribution >= 4 is 68.1 Å². The van der Waals surface area contributed by atoms with E-state index in [-0.39, 0.29) is 5.41 Å². The van der Waals surface area contributed by atoms with Crippen LogP contribution in [0.25, 0.3) is 73.0 Å². The summed E-state index contributed by atoms with van der Waals surface area (Å²) in [6.45, 7) is 13.8. The molecule has 0 unspecified atom stereocenters. The van der Waals surface area contributed by atoms with Crippen LogP contribution in [0, 0.1) is 13.8 Å². The number of hydrogen-bond donors (Lipinski definition) is 0. The maximum absolute atomic E-state index is 5.06. The van der Waals surface area contributed by atoms with Gasteiger partial charge in [0.1, 0.15) is 11.0 Å². The first kappa shape index (κ1) is 53.1. The van der Waals surface area contributed by atoms with Gasteiger partial charge < -0.3 is 0 Å². The van der Waals surface area contributed by atoms with Crippen LogP contribution in [-0.4, -0.2) is 8.75 Å². The van der Waals surface area contributed by atoms with E-state index in [2.05, 4.69) is 126 Å². The van der Waals surface area contributed by atoms with Crippen LogP contribution in [0.3, 0.4) is 0 Å². The zero-order chi connectivity index (χ0) is 49.9. The van der Waals surface area contributed by atoms with Gasteiger partial charge in [-0.05, 0) is 134 Å². The highest BCUT2D eigenvalue weighted by molar-refractivity contribution is 7.25. The quantitative estimate of drug-likeness (QED) is 0.0437. The lowest BCUT2D eigenvalue weighted by Gasteiger charge is -2.33. The Morgan fingerprint density at radius 1 is 0.389 bits per heavy atom. The van der Waals surface area contributed by atoms with E-state index in [9.17, 15) is 0 Å². The molecule has 1 aliphatic rings. The van der Waals surface area contributed by atoms with Gasteiger partial charge in [0.15, 0.2) is 0 Å².